The largest absolute Gasteiger partial charge is 2.00 e. The Balaban J connectivity index is -0.000000145. The van der Waals surface area contributed by atoms with Gasteiger partial charge in [-0.3, -0.25) is 0 Å². The third-order valence-corrected chi connectivity index (χ3v) is 18.2. The van der Waals surface area contributed by atoms with E-state index in [9.17, 15) is 19.6 Å². The molecule has 0 N–H and O–H groups in total. The minimum Gasteiger partial charge on any atom is -0.854 e. The van der Waals surface area contributed by atoms with Gasteiger partial charge in [0, 0.05) is 0 Å². The Bertz CT molecular complexity index is 487. The first kappa shape index (κ1) is 46.8. The molecule has 33 heavy (non-hydrogen) atoms. The molecular formula is C20H44O4P2S4Zn3. The van der Waals surface area contributed by atoms with E-state index >= 15 is 0 Å². The van der Waals surface area contributed by atoms with E-state index in [1.165, 1.54) is 0 Å². The summed E-state index contributed by atoms with van der Waals surface area (Å²) in [5.41, 5.74) is -7.05. The Labute approximate surface area is 259 Å². The maximum Gasteiger partial charge on any atom is 2.00 e. The smallest absolute Gasteiger partial charge is 0.854 e. The van der Waals surface area contributed by atoms with Crippen molar-refractivity contribution in [2.75, 3.05) is 23.0 Å². The van der Waals surface area contributed by atoms with Gasteiger partial charge in [0.1, 0.15) is 0 Å². The molecule has 0 spiro atoms. The molecule has 0 aromatic rings. The van der Waals surface area contributed by atoms with E-state index in [2.05, 4.69) is 79.9 Å². The normalized spacial score (nSPS) is 12.0. The van der Waals surface area contributed by atoms with Gasteiger partial charge in [0.05, 0.1) is 0 Å². The Hall–Kier alpha value is 3.97. The standard InChI is InChI=1S/2C10H22O2PS2.3Zn/c2*1-9(2)5-7-15(13(11,12)14)8-6-10(3)4;;;/h2*9-10H,5-8H2,1-4H3;;;/q2*-3;3*+2. The molecule has 0 atom stereocenters. The Morgan fingerprint density at radius 3 is 0.727 bits per heavy atom. The summed E-state index contributed by atoms with van der Waals surface area (Å²) in [6.07, 6.45) is 3.85. The monoisotopic (exact) mass is 730 g/mol. The van der Waals surface area contributed by atoms with Gasteiger partial charge < -0.3 is 55.5 Å². The third kappa shape index (κ3) is 32.1. The van der Waals surface area contributed by atoms with E-state index < -0.39 is 31.5 Å². The second-order valence-corrected chi connectivity index (χ2v) is 24.9. The first-order chi connectivity index (χ1) is 13.5. The molecule has 0 aromatic heterocycles. The Kier molecular flexibility index (Phi) is 35.4. The third-order valence-electron chi connectivity index (χ3n) is 4.36. The number of rotatable bonds is 12. The van der Waals surface area contributed by atoms with Crippen molar-refractivity contribution < 1.29 is 78.0 Å². The second-order valence-electron chi connectivity index (χ2n) is 9.37. The zero-order valence-electron chi connectivity index (χ0n) is 22.2. The van der Waals surface area contributed by atoms with Crippen LogP contribution in [0.3, 0.4) is 0 Å². The summed E-state index contributed by atoms with van der Waals surface area (Å²) in [6.45, 7) is 16.9. The predicted octanol–water partition coefficient (Wildman–Crippen LogP) is 3.28. The summed E-state index contributed by atoms with van der Waals surface area (Å²) in [5.74, 6) is 5.26. The minimum absolute atomic E-state index is 0. The zero-order chi connectivity index (χ0) is 24.1. The van der Waals surface area contributed by atoms with Crippen molar-refractivity contribution in [3.63, 3.8) is 0 Å². The van der Waals surface area contributed by atoms with Crippen molar-refractivity contribution in [2.45, 2.75) is 81.1 Å². The summed E-state index contributed by atoms with van der Waals surface area (Å²) in [7, 11) is -1.14. The molecule has 0 aliphatic carbocycles. The van der Waals surface area contributed by atoms with Gasteiger partial charge in [-0.2, -0.15) is 0 Å². The number of hydrogen-bond donors (Lipinski definition) is 0. The van der Waals surface area contributed by atoms with Crippen LogP contribution in [-0.2, 0) is 103 Å². The molecule has 0 radical (unpaired) electrons. The van der Waals surface area contributed by atoms with Crippen molar-refractivity contribution in [1.29, 1.82) is 0 Å². The van der Waals surface area contributed by atoms with Crippen LogP contribution in [0.1, 0.15) is 81.1 Å². The summed E-state index contributed by atoms with van der Waals surface area (Å²) in [4.78, 5) is 45.6. The SMILES string of the molecule is CC(C)CCS(CCC(C)C)=P([O-])([O-])[S-].CC(C)CCS(CCC(C)C)=P([O-])([O-])[S-].[Zn+2].[Zn+2].[Zn+2]. The molecule has 0 saturated carbocycles. The Morgan fingerprint density at radius 1 is 0.485 bits per heavy atom. The van der Waals surface area contributed by atoms with Gasteiger partial charge in [0.2, 0.25) is 0 Å². The molecule has 13 heteroatoms. The topological polar surface area (TPSA) is 92.2 Å². The van der Waals surface area contributed by atoms with Crippen LogP contribution in [0.2, 0.25) is 0 Å². The van der Waals surface area contributed by atoms with Crippen molar-refractivity contribution >= 4 is 56.0 Å². The fourth-order valence-corrected chi connectivity index (χ4v) is 13.0. The molecule has 0 amide bonds. The van der Waals surface area contributed by atoms with E-state index in [4.69, 9.17) is 0 Å². The molecule has 0 rings (SSSR count). The molecule has 0 fully saturated rings. The molecule has 0 heterocycles. The zero-order valence-corrected chi connectivity index (χ0v) is 36.2. The molecule has 0 unspecified atom stereocenters. The van der Waals surface area contributed by atoms with E-state index in [0.717, 1.165) is 48.7 Å². The average molecular weight is 735 g/mol. The summed E-state index contributed by atoms with van der Waals surface area (Å²) < 4.78 is 0. The molecule has 0 aliphatic rings. The van der Waals surface area contributed by atoms with Gasteiger partial charge in [0.25, 0.3) is 0 Å². The van der Waals surface area contributed by atoms with Crippen LogP contribution in [0.5, 0.6) is 0 Å². The van der Waals surface area contributed by atoms with Crippen molar-refractivity contribution in [1.82, 2.24) is 0 Å². The van der Waals surface area contributed by atoms with Gasteiger partial charge in [-0.25, -0.2) is 20.1 Å². The first-order valence-corrected chi connectivity index (χ1v) is 20.5. The molecule has 0 aromatic carbocycles. The fraction of sp³-hybridized carbons (Fsp3) is 1.00. The van der Waals surface area contributed by atoms with Crippen molar-refractivity contribution in [3.8, 4) is 0 Å². The van der Waals surface area contributed by atoms with E-state index in [0.29, 0.717) is 23.7 Å². The maximum absolute atomic E-state index is 11.4. The van der Waals surface area contributed by atoms with Crippen molar-refractivity contribution in [3.05, 3.63) is 0 Å². The van der Waals surface area contributed by atoms with Gasteiger partial charge in [-0.1, -0.05) is 55.4 Å². The van der Waals surface area contributed by atoms with Crippen LogP contribution in [0.15, 0.2) is 0 Å². The number of hydrogen-bond acceptors (Lipinski definition) is 6. The quantitative estimate of drug-likeness (QED) is 0.174. The first-order valence-electron chi connectivity index (χ1n) is 10.9. The molecular weight excluding hydrogens is 691 g/mol. The van der Waals surface area contributed by atoms with E-state index in [-0.39, 0.29) is 58.4 Å². The van der Waals surface area contributed by atoms with E-state index in [1.54, 1.807) is 0 Å². The Morgan fingerprint density at radius 2 is 0.636 bits per heavy atom. The second kappa shape index (κ2) is 25.0. The van der Waals surface area contributed by atoms with Crippen LogP contribution in [0.25, 0.3) is 0 Å². The van der Waals surface area contributed by atoms with Crippen LogP contribution < -0.4 is 19.6 Å². The summed E-state index contributed by atoms with van der Waals surface area (Å²) in [5, 5.41) is 0. The molecule has 188 valence electrons. The fourth-order valence-electron chi connectivity index (χ4n) is 2.14. The van der Waals surface area contributed by atoms with Crippen molar-refractivity contribution in [2.24, 2.45) is 23.7 Å². The van der Waals surface area contributed by atoms with Gasteiger partial charge in [0.15, 0.2) is 0 Å². The minimum atomic E-state index is -3.53. The molecule has 0 saturated heterocycles. The summed E-state index contributed by atoms with van der Waals surface area (Å²) in [6, 6.07) is 0. The molecule has 0 bridgehead atoms. The van der Waals surface area contributed by atoms with Gasteiger partial charge in [-0.15, -0.1) is 0 Å². The van der Waals surface area contributed by atoms with Crippen LogP contribution >= 0.6 is 11.4 Å². The maximum atomic E-state index is 11.4. The molecule has 0 aliphatic heterocycles. The summed E-state index contributed by atoms with van der Waals surface area (Å²) >= 11 is 9.25. The van der Waals surface area contributed by atoms with Crippen LogP contribution in [-0.4, -0.2) is 23.0 Å². The van der Waals surface area contributed by atoms with E-state index in [1.807, 2.05) is 0 Å². The predicted molar refractivity (Wildman–Crippen MR) is 141 cm³/mol. The average Bonchev–Trinajstić information content (AvgIpc) is 2.51. The van der Waals surface area contributed by atoms with Gasteiger partial charge in [-0.05, 0) is 72.4 Å². The van der Waals surface area contributed by atoms with Gasteiger partial charge >= 0.3 is 58.4 Å². The van der Waals surface area contributed by atoms with Crippen LogP contribution in [0.4, 0.5) is 0 Å². The molecule has 4 nitrogen and oxygen atoms in total. The van der Waals surface area contributed by atoms with Crippen LogP contribution in [0, 0.1) is 23.7 Å².